The average Bonchev–Trinajstić information content (AvgIpc) is 3.00. The first-order valence-corrected chi connectivity index (χ1v) is 16.6. The molecule has 0 aromatic rings. The van der Waals surface area contributed by atoms with Gasteiger partial charge in [-0.15, -0.1) is 0 Å². The number of rotatable bonds is 12. The lowest BCUT2D eigenvalue weighted by atomic mass is 10.2. The van der Waals surface area contributed by atoms with Crippen LogP contribution in [0.4, 0.5) is 0 Å². The van der Waals surface area contributed by atoms with Gasteiger partial charge in [0, 0.05) is 11.5 Å². The van der Waals surface area contributed by atoms with E-state index < -0.39 is 16.6 Å². The molecule has 25 heavy (non-hydrogen) atoms. The van der Waals surface area contributed by atoms with E-state index in [-0.39, 0.29) is 24.6 Å². The number of ether oxygens (including phenoxy) is 2. The van der Waals surface area contributed by atoms with Crippen LogP contribution in [0.15, 0.2) is 0 Å². The van der Waals surface area contributed by atoms with Gasteiger partial charge < -0.3 is 18.3 Å². The highest BCUT2D eigenvalue weighted by molar-refractivity contribution is 14.1. The van der Waals surface area contributed by atoms with Gasteiger partial charge in [0.25, 0.3) is 0 Å². The minimum Gasteiger partial charge on any atom is -0.408 e. The van der Waals surface area contributed by atoms with Crippen molar-refractivity contribution in [3.05, 3.63) is 0 Å². The van der Waals surface area contributed by atoms with Crippen molar-refractivity contribution in [3.8, 4) is 0 Å². The van der Waals surface area contributed by atoms with Crippen LogP contribution in [0.25, 0.3) is 0 Å². The second kappa shape index (κ2) is 11.1. The average molecular weight is 503 g/mol. The molecule has 1 fully saturated rings. The molecule has 1 aliphatic rings. The van der Waals surface area contributed by atoms with Gasteiger partial charge in [-0.3, -0.25) is 0 Å². The number of halogens is 1. The standard InChI is InChI=1S/C18H39IO4Si2/c1-8-24(9-2,10-3)22-16-15(14-19)21-18(20-7)17(16)23-25(11-4,12-5)13-6/h15-18H,8-14H2,1-7H3/t15-,16-,17+,18?/m1/s1. The third-order valence-electron chi connectivity index (χ3n) is 6.29. The molecule has 1 heterocycles. The first-order chi connectivity index (χ1) is 11.9. The van der Waals surface area contributed by atoms with Crippen LogP contribution >= 0.6 is 22.6 Å². The Morgan fingerprint density at radius 1 is 0.760 bits per heavy atom. The summed E-state index contributed by atoms with van der Waals surface area (Å²) in [6.07, 6.45) is -0.333. The minimum absolute atomic E-state index is 0.00453. The van der Waals surface area contributed by atoms with Crippen LogP contribution in [0.1, 0.15) is 41.5 Å². The van der Waals surface area contributed by atoms with Gasteiger partial charge in [0.15, 0.2) is 22.9 Å². The predicted molar refractivity (Wildman–Crippen MR) is 119 cm³/mol. The summed E-state index contributed by atoms with van der Waals surface area (Å²) in [5, 5.41) is 0. The molecule has 0 amide bonds. The summed E-state index contributed by atoms with van der Waals surface area (Å²) in [5.74, 6) is 0. The second-order valence-electron chi connectivity index (χ2n) is 7.09. The Kier molecular flexibility index (Phi) is 10.7. The summed E-state index contributed by atoms with van der Waals surface area (Å²) in [5.41, 5.74) is 0. The lowest BCUT2D eigenvalue weighted by Crippen LogP contribution is -2.52. The van der Waals surface area contributed by atoms with Gasteiger partial charge in [0.2, 0.25) is 0 Å². The van der Waals surface area contributed by atoms with E-state index in [0.717, 1.165) is 40.7 Å². The summed E-state index contributed by atoms with van der Waals surface area (Å²) in [6.45, 7) is 13.6. The Hall–Kier alpha value is 1.00. The van der Waals surface area contributed by atoms with Crippen molar-refractivity contribution < 1.29 is 18.3 Å². The van der Waals surface area contributed by atoms with E-state index in [1.54, 1.807) is 7.11 Å². The molecule has 4 atom stereocenters. The quantitative estimate of drug-likeness (QED) is 0.199. The minimum atomic E-state index is -1.76. The van der Waals surface area contributed by atoms with Gasteiger partial charge in [0.1, 0.15) is 12.2 Å². The summed E-state index contributed by atoms with van der Waals surface area (Å²) < 4.78 is 26.6. The maximum absolute atomic E-state index is 6.90. The fraction of sp³-hybridized carbons (Fsp3) is 1.00. The molecule has 0 aromatic heterocycles. The molecule has 4 nitrogen and oxygen atoms in total. The molecule has 0 bridgehead atoms. The van der Waals surface area contributed by atoms with Gasteiger partial charge in [-0.2, -0.15) is 0 Å². The molecular weight excluding hydrogens is 463 g/mol. The van der Waals surface area contributed by atoms with Crippen molar-refractivity contribution in [3.63, 3.8) is 0 Å². The smallest absolute Gasteiger partial charge is 0.192 e. The van der Waals surface area contributed by atoms with Crippen LogP contribution in [-0.2, 0) is 18.3 Å². The Bertz CT molecular complexity index is 328. The van der Waals surface area contributed by atoms with Crippen molar-refractivity contribution in [2.45, 2.75) is 102 Å². The van der Waals surface area contributed by atoms with Gasteiger partial charge in [-0.05, 0) is 36.3 Å². The van der Waals surface area contributed by atoms with Crippen molar-refractivity contribution in [2.24, 2.45) is 0 Å². The monoisotopic (exact) mass is 502 g/mol. The van der Waals surface area contributed by atoms with E-state index in [1.807, 2.05) is 0 Å². The van der Waals surface area contributed by atoms with Crippen LogP contribution in [-0.4, -0.2) is 52.8 Å². The van der Waals surface area contributed by atoms with Crippen LogP contribution < -0.4 is 0 Å². The summed E-state index contributed by atoms with van der Waals surface area (Å²) in [7, 11) is -1.76. The normalized spacial score (nSPS) is 27.8. The molecule has 0 saturated carbocycles. The second-order valence-corrected chi connectivity index (χ2v) is 17.4. The van der Waals surface area contributed by atoms with Crippen molar-refractivity contribution in [2.75, 3.05) is 11.5 Å². The van der Waals surface area contributed by atoms with Gasteiger partial charge >= 0.3 is 0 Å². The molecule has 150 valence electrons. The highest BCUT2D eigenvalue weighted by atomic mass is 127. The fourth-order valence-electron chi connectivity index (χ4n) is 3.85. The largest absolute Gasteiger partial charge is 0.408 e. The maximum atomic E-state index is 6.90. The lowest BCUT2D eigenvalue weighted by molar-refractivity contribution is -0.141. The Morgan fingerprint density at radius 2 is 1.16 bits per heavy atom. The SMILES string of the molecule is CC[Si](CC)(CC)O[C@H]1[C@H](O[Si](CC)(CC)CC)C(OC)O[C@@H]1CI. The third kappa shape index (κ3) is 5.51. The maximum Gasteiger partial charge on any atom is 0.192 e. The number of alkyl halides is 1. The molecule has 0 aromatic carbocycles. The lowest BCUT2D eigenvalue weighted by Gasteiger charge is -2.39. The highest BCUT2D eigenvalue weighted by Crippen LogP contribution is 2.37. The van der Waals surface area contributed by atoms with E-state index in [4.69, 9.17) is 18.3 Å². The predicted octanol–water partition coefficient (Wildman–Crippen LogP) is 5.57. The molecule has 7 heteroatoms. The fourth-order valence-corrected chi connectivity index (χ4v) is 10.2. The zero-order chi connectivity index (χ0) is 19.1. The van der Waals surface area contributed by atoms with E-state index in [9.17, 15) is 0 Å². The Morgan fingerprint density at radius 3 is 1.48 bits per heavy atom. The molecule has 1 unspecified atom stereocenters. The highest BCUT2D eigenvalue weighted by Gasteiger charge is 2.51. The van der Waals surface area contributed by atoms with Crippen LogP contribution in [0.5, 0.6) is 0 Å². The summed E-state index contributed by atoms with van der Waals surface area (Å²) >= 11 is 2.40. The molecule has 0 radical (unpaired) electrons. The summed E-state index contributed by atoms with van der Waals surface area (Å²) in [4.78, 5) is 0. The third-order valence-corrected chi connectivity index (χ3v) is 16.4. The van der Waals surface area contributed by atoms with E-state index >= 15 is 0 Å². The van der Waals surface area contributed by atoms with Crippen molar-refractivity contribution in [1.29, 1.82) is 0 Å². The van der Waals surface area contributed by atoms with Gasteiger partial charge in [-0.1, -0.05) is 64.1 Å². The molecule has 0 aliphatic carbocycles. The number of methoxy groups -OCH3 is 1. The van der Waals surface area contributed by atoms with Crippen molar-refractivity contribution >= 4 is 39.2 Å². The molecule has 1 rings (SSSR count). The topological polar surface area (TPSA) is 36.9 Å². The Labute approximate surface area is 171 Å². The van der Waals surface area contributed by atoms with Gasteiger partial charge in [-0.25, -0.2) is 0 Å². The number of hydrogen-bond donors (Lipinski definition) is 0. The first-order valence-electron chi connectivity index (χ1n) is 10.0. The van der Waals surface area contributed by atoms with Crippen LogP contribution in [0, 0.1) is 0 Å². The number of hydrogen-bond acceptors (Lipinski definition) is 4. The zero-order valence-corrected chi connectivity index (χ0v) is 21.4. The van der Waals surface area contributed by atoms with E-state index in [0.29, 0.717) is 0 Å². The molecule has 1 saturated heterocycles. The molecular formula is C18H39IO4Si2. The van der Waals surface area contributed by atoms with E-state index in [1.165, 1.54) is 0 Å². The molecule has 0 N–H and O–H groups in total. The summed E-state index contributed by atoms with van der Waals surface area (Å²) in [6, 6.07) is 6.83. The molecule has 0 spiro atoms. The van der Waals surface area contributed by atoms with E-state index in [2.05, 4.69) is 64.1 Å². The Balaban J connectivity index is 3.13. The van der Waals surface area contributed by atoms with Gasteiger partial charge in [0.05, 0.1) is 6.10 Å². The van der Waals surface area contributed by atoms with Crippen LogP contribution in [0.2, 0.25) is 36.3 Å². The molecule has 1 aliphatic heterocycles. The van der Waals surface area contributed by atoms with Crippen molar-refractivity contribution in [1.82, 2.24) is 0 Å². The first kappa shape index (κ1) is 24.0. The van der Waals surface area contributed by atoms with Crippen LogP contribution in [0.3, 0.4) is 0 Å². The zero-order valence-electron chi connectivity index (χ0n) is 17.3.